The molecule has 6 nitrogen and oxygen atoms in total. The zero-order valence-electron chi connectivity index (χ0n) is 18.0. The molecule has 3 aliphatic carbocycles. The number of hydrogen-bond acceptors (Lipinski definition) is 6. The SMILES string of the molecule is C=CCOC1[C@H]2OC3(CCCCC3)O[C@H]2C(OCC=C)[C@@H]2OC3(CCCCC3)O[C@@H]12. The summed E-state index contributed by atoms with van der Waals surface area (Å²) in [6.45, 7) is 8.56. The Morgan fingerprint density at radius 3 is 1.23 bits per heavy atom. The third kappa shape index (κ3) is 3.70. The van der Waals surface area contributed by atoms with Gasteiger partial charge in [-0.05, 0) is 25.7 Å². The minimum Gasteiger partial charge on any atom is -0.369 e. The van der Waals surface area contributed by atoms with E-state index in [9.17, 15) is 0 Å². The predicted octanol–water partition coefficient (Wildman–Crippen LogP) is 4.03. The highest BCUT2D eigenvalue weighted by atomic mass is 16.8. The summed E-state index contributed by atoms with van der Waals surface area (Å²) < 4.78 is 39.3. The van der Waals surface area contributed by atoms with Gasteiger partial charge in [0.1, 0.15) is 36.6 Å². The lowest BCUT2D eigenvalue weighted by atomic mass is 9.84. The normalized spacial score (nSPS) is 41.5. The van der Waals surface area contributed by atoms with Gasteiger partial charge in [0.15, 0.2) is 11.6 Å². The maximum atomic E-state index is 6.67. The average Bonchev–Trinajstić information content (AvgIpc) is 3.30. The van der Waals surface area contributed by atoms with Crippen LogP contribution in [0.25, 0.3) is 0 Å². The first kappa shape index (κ1) is 21.1. The molecule has 5 rings (SSSR count). The Morgan fingerprint density at radius 2 is 0.933 bits per heavy atom. The molecule has 0 radical (unpaired) electrons. The van der Waals surface area contributed by atoms with Crippen LogP contribution in [0.3, 0.4) is 0 Å². The van der Waals surface area contributed by atoms with Crippen LogP contribution in [0.5, 0.6) is 0 Å². The molecule has 3 saturated carbocycles. The lowest BCUT2D eigenvalue weighted by molar-refractivity contribution is -0.227. The Morgan fingerprint density at radius 1 is 0.600 bits per heavy atom. The summed E-state index contributed by atoms with van der Waals surface area (Å²) in [6, 6.07) is 0. The third-order valence-corrected chi connectivity index (χ3v) is 7.39. The van der Waals surface area contributed by atoms with Crippen LogP contribution in [0.15, 0.2) is 25.3 Å². The molecular weight excluding hydrogens is 384 g/mol. The molecular formula is C24H36O6. The van der Waals surface area contributed by atoms with Gasteiger partial charge in [-0.3, -0.25) is 0 Å². The van der Waals surface area contributed by atoms with Crippen LogP contribution in [-0.4, -0.2) is 61.4 Å². The van der Waals surface area contributed by atoms with E-state index in [1.807, 2.05) is 0 Å². The van der Waals surface area contributed by atoms with E-state index in [0.717, 1.165) is 51.4 Å². The number of hydrogen-bond donors (Lipinski definition) is 0. The van der Waals surface area contributed by atoms with Crippen molar-refractivity contribution in [2.45, 2.75) is 112 Å². The highest BCUT2D eigenvalue weighted by Gasteiger charge is 2.66. The zero-order valence-corrected chi connectivity index (χ0v) is 18.0. The summed E-state index contributed by atoms with van der Waals surface area (Å²) in [4.78, 5) is 0. The minimum atomic E-state index is -0.527. The highest BCUT2D eigenvalue weighted by Crippen LogP contribution is 2.52. The average molecular weight is 421 g/mol. The smallest absolute Gasteiger partial charge is 0.169 e. The first-order chi connectivity index (χ1) is 14.7. The molecule has 2 unspecified atom stereocenters. The van der Waals surface area contributed by atoms with Crippen molar-refractivity contribution >= 4 is 0 Å². The van der Waals surface area contributed by atoms with Gasteiger partial charge in [0.05, 0.1) is 13.2 Å². The van der Waals surface area contributed by atoms with Gasteiger partial charge < -0.3 is 28.4 Å². The van der Waals surface area contributed by atoms with Crippen molar-refractivity contribution < 1.29 is 28.4 Å². The van der Waals surface area contributed by atoms with E-state index in [0.29, 0.717) is 13.2 Å². The van der Waals surface area contributed by atoms with Crippen molar-refractivity contribution in [3.05, 3.63) is 25.3 Å². The Hall–Kier alpha value is -0.760. The number of rotatable bonds is 6. The standard InChI is InChI=1S/C24H36O6/c1-3-15-25-17-19-21(29-23(27-19)11-7-5-8-12-23)18(26-16-4-2)22-20(17)28-24(30-22)13-9-6-10-14-24/h3-4,17-22H,1-2,5-16H2/t17?,18?,19-,20-,21-,22+/m0/s1. The monoisotopic (exact) mass is 420 g/mol. The van der Waals surface area contributed by atoms with Gasteiger partial charge >= 0.3 is 0 Å². The highest BCUT2D eigenvalue weighted by molar-refractivity contribution is 5.11. The van der Waals surface area contributed by atoms with Crippen molar-refractivity contribution in [3.8, 4) is 0 Å². The van der Waals surface area contributed by atoms with Gasteiger partial charge in [0.25, 0.3) is 0 Å². The molecule has 6 heteroatoms. The second kappa shape index (κ2) is 8.64. The van der Waals surface area contributed by atoms with Crippen LogP contribution >= 0.6 is 0 Å². The number of fused-ring (bicyclic) bond motifs is 2. The molecule has 168 valence electrons. The maximum absolute atomic E-state index is 6.67. The summed E-state index contributed by atoms with van der Waals surface area (Å²) in [5, 5.41) is 0. The van der Waals surface area contributed by atoms with E-state index in [-0.39, 0.29) is 36.6 Å². The molecule has 2 heterocycles. The molecule has 2 saturated heterocycles. The van der Waals surface area contributed by atoms with Crippen LogP contribution in [0.4, 0.5) is 0 Å². The first-order valence-electron chi connectivity index (χ1n) is 11.9. The predicted molar refractivity (Wildman–Crippen MR) is 111 cm³/mol. The summed E-state index contributed by atoms with van der Waals surface area (Å²) in [6.07, 6.45) is 12.7. The van der Waals surface area contributed by atoms with E-state index in [1.54, 1.807) is 12.2 Å². The van der Waals surface area contributed by atoms with Crippen molar-refractivity contribution in [2.24, 2.45) is 0 Å². The molecule has 30 heavy (non-hydrogen) atoms. The summed E-state index contributed by atoms with van der Waals surface area (Å²) in [5.74, 6) is -1.05. The Balaban J connectivity index is 1.45. The van der Waals surface area contributed by atoms with Crippen LogP contribution in [0.1, 0.15) is 64.2 Å². The second-order valence-electron chi connectivity index (χ2n) is 9.45. The maximum Gasteiger partial charge on any atom is 0.169 e. The van der Waals surface area contributed by atoms with Crippen molar-refractivity contribution in [1.29, 1.82) is 0 Å². The van der Waals surface area contributed by atoms with Crippen LogP contribution in [0.2, 0.25) is 0 Å². The van der Waals surface area contributed by atoms with Gasteiger partial charge in [-0.2, -0.15) is 0 Å². The molecule has 0 amide bonds. The van der Waals surface area contributed by atoms with Gasteiger partial charge in [0.2, 0.25) is 0 Å². The van der Waals surface area contributed by atoms with Gasteiger partial charge in [-0.1, -0.05) is 25.0 Å². The lowest BCUT2D eigenvalue weighted by Crippen LogP contribution is -2.63. The fourth-order valence-corrected chi connectivity index (χ4v) is 6.10. The molecule has 2 aliphatic heterocycles. The molecule has 0 aromatic rings. The molecule has 2 spiro atoms. The lowest BCUT2D eigenvalue weighted by Gasteiger charge is -2.42. The minimum absolute atomic E-state index is 0.235. The van der Waals surface area contributed by atoms with Gasteiger partial charge in [-0.15, -0.1) is 13.2 Å². The fourth-order valence-electron chi connectivity index (χ4n) is 6.10. The van der Waals surface area contributed by atoms with Gasteiger partial charge in [-0.25, -0.2) is 0 Å². The third-order valence-electron chi connectivity index (χ3n) is 7.39. The summed E-state index contributed by atoms with van der Waals surface area (Å²) in [5.41, 5.74) is 0. The Bertz CT molecular complexity index is 541. The second-order valence-corrected chi connectivity index (χ2v) is 9.45. The molecule has 0 N–H and O–H groups in total. The molecule has 0 aromatic carbocycles. The van der Waals surface area contributed by atoms with E-state index in [1.165, 1.54) is 12.8 Å². The quantitative estimate of drug-likeness (QED) is 0.605. The fraction of sp³-hybridized carbons (Fsp3) is 0.833. The van der Waals surface area contributed by atoms with Crippen molar-refractivity contribution in [1.82, 2.24) is 0 Å². The Kier molecular flexibility index (Phi) is 6.08. The molecule has 5 fully saturated rings. The molecule has 0 aromatic heterocycles. The molecule has 5 aliphatic rings. The Labute approximate surface area is 179 Å². The zero-order chi connectivity index (χ0) is 20.6. The van der Waals surface area contributed by atoms with Crippen LogP contribution < -0.4 is 0 Å². The largest absolute Gasteiger partial charge is 0.369 e. The van der Waals surface area contributed by atoms with E-state index >= 15 is 0 Å². The van der Waals surface area contributed by atoms with E-state index < -0.39 is 11.6 Å². The van der Waals surface area contributed by atoms with Gasteiger partial charge in [0, 0.05) is 25.7 Å². The van der Waals surface area contributed by atoms with Crippen LogP contribution in [0, 0.1) is 0 Å². The van der Waals surface area contributed by atoms with Crippen molar-refractivity contribution in [3.63, 3.8) is 0 Å². The molecule has 0 bridgehead atoms. The van der Waals surface area contributed by atoms with Crippen LogP contribution in [-0.2, 0) is 28.4 Å². The number of ether oxygens (including phenoxy) is 6. The van der Waals surface area contributed by atoms with E-state index in [2.05, 4.69) is 13.2 Å². The van der Waals surface area contributed by atoms with Crippen molar-refractivity contribution in [2.75, 3.05) is 13.2 Å². The topological polar surface area (TPSA) is 55.4 Å². The first-order valence-corrected chi connectivity index (χ1v) is 11.9. The molecule has 6 atom stereocenters. The summed E-state index contributed by atoms with van der Waals surface area (Å²) in [7, 11) is 0. The van der Waals surface area contributed by atoms with E-state index in [4.69, 9.17) is 28.4 Å². The summed E-state index contributed by atoms with van der Waals surface area (Å²) >= 11 is 0.